The number of phosphoric ester groups is 1. The van der Waals surface area contributed by atoms with Gasteiger partial charge >= 0.3 is 7.82 Å². The number of phosphoric acid groups is 1. The maximum absolute atomic E-state index is 12.5. The monoisotopic (exact) mass is 530 g/mol. The molecule has 14 nitrogen and oxygen atoms in total. The van der Waals surface area contributed by atoms with Crippen LogP contribution in [0.15, 0.2) is 59.4 Å². The second-order valence-electron chi connectivity index (χ2n) is 8.33. The average Bonchev–Trinajstić information content (AvgIpc) is 3.35. The van der Waals surface area contributed by atoms with Crippen molar-refractivity contribution in [2.24, 2.45) is 0 Å². The Labute approximate surface area is 208 Å². The first-order chi connectivity index (χ1) is 17.6. The molecule has 2 aromatic heterocycles. The minimum atomic E-state index is -4.86. The fraction of sp³-hybridized carbons (Fsp3) is 0.227. The molecule has 4 atom stereocenters. The number of H-pyrrole nitrogens is 1. The number of nitrogens with zero attached hydrogens (tertiary/aromatic N) is 3. The lowest BCUT2D eigenvalue weighted by atomic mass is 10.1. The molecule has 15 heteroatoms. The number of aliphatic hydroxyl groups is 2. The Morgan fingerprint density at radius 1 is 1.05 bits per heavy atom. The van der Waals surface area contributed by atoms with E-state index in [4.69, 9.17) is 20.3 Å². The lowest BCUT2D eigenvalue weighted by Gasteiger charge is -2.20. The van der Waals surface area contributed by atoms with Gasteiger partial charge in [-0.15, -0.1) is 0 Å². The third-order valence-corrected chi connectivity index (χ3v) is 6.30. The van der Waals surface area contributed by atoms with Crippen LogP contribution in [0.4, 0.5) is 17.6 Å². The van der Waals surface area contributed by atoms with E-state index in [1.165, 1.54) is 4.57 Å². The zero-order valence-corrected chi connectivity index (χ0v) is 19.9. The highest BCUT2D eigenvalue weighted by Crippen LogP contribution is 2.39. The van der Waals surface area contributed by atoms with Crippen molar-refractivity contribution in [1.82, 2.24) is 19.5 Å². The summed E-state index contributed by atoms with van der Waals surface area (Å²) < 4.78 is 22.5. The van der Waals surface area contributed by atoms with Gasteiger partial charge in [0, 0.05) is 5.69 Å². The van der Waals surface area contributed by atoms with Gasteiger partial charge in [-0.25, -0.2) is 9.55 Å². The predicted octanol–water partition coefficient (Wildman–Crippen LogP) is 0.841. The van der Waals surface area contributed by atoms with Crippen LogP contribution in [0.3, 0.4) is 0 Å². The van der Waals surface area contributed by atoms with Gasteiger partial charge in [0.15, 0.2) is 17.4 Å². The summed E-state index contributed by atoms with van der Waals surface area (Å²) in [6, 6.07) is 17.1. The molecule has 194 valence electrons. The number of anilines is 3. The average molecular weight is 530 g/mol. The van der Waals surface area contributed by atoms with Crippen molar-refractivity contribution < 1.29 is 33.8 Å². The van der Waals surface area contributed by atoms with Gasteiger partial charge in [0.1, 0.15) is 18.3 Å². The largest absolute Gasteiger partial charge is 0.469 e. The van der Waals surface area contributed by atoms with E-state index in [0.29, 0.717) is 5.69 Å². The molecule has 2 aromatic carbocycles. The maximum atomic E-state index is 12.5. The third-order valence-electron chi connectivity index (χ3n) is 5.82. The van der Waals surface area contributed by atoms with E-state index in [1.54, 1.807) is 12.1 Å². The van der Waals surface area contributed by atoms with Crippen molar-refractivity contribution in [3.05, 3.63) is 65.0 Å². The summed E-state index contributed by atoms with van der Waals surface area (Å²) in [5, 5.41) is 24.2. The van der Waals surface area contributed by atoms with Gasteiger partial charge in [0.25, 0.3) is 5.56 Å². The number of aliphatic hydroxyl groups excluding tert-OH is 2. The second-order valence-corrected chi connectivity index (χ2v) is 9.57. The summed E-state index contributed by atoms with van der Waals surface area (Å²) in [5.41, 5.74) is 7.49. The number of hydrogen-bond acceptors (Lipinski definition) is 10. The molecule has 1 fully saturated rings. The van der Waals surface area contributed by atoms with Crippen LogP contribution in [0.5, 0.6) is 0 Å². The van der Waals surface area contributed by atoms with Crippen molar-refractivity contribution in [2.75, 3.05) is 17.7 Å². The van der Waals surface area contributed by atoms with Crippen LogP contribution in [-0.2, 0) is 13.8 Å². The van der Waals surface area contributed by atoms with E-state index in [-0.39, 0.29) is 23.1 Å². The first kappa shape index (κ1) is 25.0. The summed E-state index contributed by atoms with van der Waals surface area (Å²) in [6.45, 7) is -0.703. The summed E-state index contributed by atoms with van der Waals surface area (Å²) in [5.74, 6) is -0.175. The van der Waals surface area contributed by atoms with Crippen molar-refractivity contribution >= 4 is 36.6 Å². The van der Waals surface area contributed by atoms with E-state index >= 15 is 0 Å². The fourth-order valence-electron chi connectivity index (χ4n) is 4.09. The summed E-state index contributed by atoms with van der Waals surface area (Å²) in [6.07, 6.45) is -5.83. The minimum absolute atomic E-state index is 0.0406. The lowest BCUT2D eigenvalue weighted by Crippen LogP contribution is -2.33. The number of nitrogens with one attached hydrogen (secondary N) is 2. The van der Waals surface area contributed by atoms with Gasteiger partial charge in [-0.1, -0.05) is 42.5 Å². The van der Waals surface area contributed by atoms with Crippen LogP contribution in [0.25, 0.3) is 22.3 Å². The Morgan fingerprint density at radius 2 is 1.73 bits per heavy atom. The molecule has 0 spiro atoms. The number of benzene rings is 2. The Hall–Kier alpha value is -3.62. The van der Waals surface area contributed by atoms with E-state index in [0.717, 1.165) is 11.1 Å². The molecule has 1 aliphatic rings. The highest BCUT2D eigenvalue weighted by atomic mass is 31.2. The lowest BCUT2D eigenvalue weighted by molar-refractivity contribution is -0.0493. The SMILES string of the molecule is Nc1nc2c(nc(Nc3ccc(-c4ccccc4)cc3)n2C2OC(COP(=O)(O)O)C(O)C2O)c(=O)[nH]1. The van der Waals surface area contributed by atoms with Gasteiger partial charge in [-0.05, 0) is 23.3 Å². The van der Waals surface area contributed by atoms with Gasteiger partial charge in [0.2, 0.25) is 11.9 Å². The number of rotatable bonds is 7. The Morgan fingerprint density at radius 3 is 2.41 bits per heavy atom. The molecule has 1 aliphatic heterocycles. The van der Waals surface area contributed by atoms with Crippen molar-refractivity contribution in [3.8, 4) is 11.1 Å². The van der Waals surface area contributed by atoms with Crippen LogP contribution in [0.2, 0.25) is 0 Å². The van der Waals surface area contributed by atoms with Crippen LogP contribution >= 0.6 is 7.82 Å². The summed E-state index contributed by atoms with van der Waals surface area (Å²) >= 11 is 0. The number of aromatic amines is 1. The van der Waals surface area contributed by atoms with Crippen LogP contribution in [-0.4, -0.2) is 64.4 Å². The smallest absolute Gasteiger partial charge is 0.387 e. The van der Waals surface area contributed by atoms with Gasteiger partial charge < -0.3 is 35.8 Å². The first-order valence-corrected chi connectivity index (χ1v) is 12.6. The molecule has 5 rings (SSSR count). The number of hydrogen-bond donors (Lipinski definition) is 7. The highest BCUT2D eigenvalue weighted by Gasteiger charge is 2.46. The standard InChI is InChI=1S/C22H23N6O8P/c23-21-26-18-15(19(31)27-21)25-22(24-13-8-6-12(7-9-13)11-4-2-1-3-5-11)28(18)20-17(30)16(29)14(36-20)10-35-37(32,33)34/h1-9,14,16-17,20,29-30H,10H2,(H,24,25)(H2,32,33,34)(H3,23,26,27,31). The summed E-state index contributed by atoms with van der Waals surface area (Å²) in [7, 11) is -4.86. The quantitative estimate of drug-likeness (QED) is 0.165. The predicted molar refractivity (Wildman–Crippen MR) is 132 cm³/mol. The van der Waals surface area contributed by atoms with Gasteiger partial charge in [-0.3, -0.25) is 18.9 Å². The molecule has 4 unspecified atom stereocenters. The number of nitrogens with two attached hydrogens (primary N) is 1. The number of nitrogen functional groups attached to an aromatic ring is 1. The van der Waals surface area contributed by atoms with Crippen LogP contribution < -0.4 is 16.6 Å². The molecule has 4 aromatic rings. The van der Waals surface area contributed by atoms with E-state index in [2.05, 4.69) is 24.8 Å². The molecule has 0 amide bonds. The maximum Gasteiger partial charge on any atom is 0.469 e. The molecule has 8 N–H and O–H groups in total. The van der Waals surface area contributed by atoms with Gasteiger partial charge in [0.05, 0.1) is 6.61 Å². The molecular formula is C22H23N6O8P. The van der Waals surface area contributed by atoms with E-state index in [9.17, 15) is 19.6 Å². The fourth-order valence-corrected chi connectivity index (χ4v) is 4.43. The first-order valence-electron chi connectivity index (χ1n) is 11.0. The molecule has 3 heterocycles. The number of imidazole rings is 1. The topological polar surface area (TPSA) is 218 Å². The number of fused-ring (bicyclic) bond motifs is 1. The van der Waals surface area contributed by atoms with E-state index < -0.39 is 44.5 Å². The third kappa shape index (κ3) is 5.12. The highest BCUT2D eigenvalue weighted by molar-refractivity contribution is 7.46. The number of aromatic nitrogens is 4. The van der Waals surface area contributed by atoms with Crippen LogP contribution in [0, 0.1) is 0 Å². The molecule has 0 bridgehead atoms. The van der Waals surface area contributed by atoms with Crippen molar-refractivity contribution in [1.29, 1.82) is 0 Å². The Kier molecular flexibility index (Phi) is 6.56. The van der Waals surface area contributed by atoms with Gasteiger partial charge in [-0.2, -0.15) is 4.98 Å². The molecule has 37 heavy (non-hydrogen) atoms. The second kappa shape index (κ2) is 9.68. The normalized spacial score (nSPS) is 21.9. The zero-order chi connectivity index (χ0) is 26.3. The minimum Gasteiger partial charge on any atom is -0.387 e. The zero-order valence-electron chi connectivity index (χ0n) is 19.0. The Balaban J connectivity index is 1.51. The van der Waals surface area contributed by atoms with E-state index in [1.807, 2.05) is 42.5 Å². The van der Waals surface area contributed by atoms with Crippen LogP contribution in [0.1, 0.15) is 6.23 Å². The molecular weight excluding hydrogens is 507 g/mol. The molecule has 0 aliphatic carbocycles. The van der Waals surface area contributed by atoms with Crippen molar-refractivity contribution in [2.45, 2.75) is 24.5 Å². The molecule has 1 saturated heterocycles. The Bertz CT molecular complexity index is 1520. The molecule has 0 radical (unpaired) electrons. The molecule has 0 saturated carbocycles. The number of ether oxygens (including phenoxy) is 1. The van der Waals surface area contributed by atoms with Crippen molar-refractivity contribution in [3.63, 3.8) is 0 Å². The summed E-state index contributed by atoms with van der Waals surface area (Å²) in [4.78, 5) is 41.3.